The lowest BCUT2D eigenvalue weighted by atomic mass is 10.2. The molecule has 2 N–H and O–H groups in total. The largest absolute Gasteiger partial charge is 0.497 e. The quantitative estimate of drug-likeness (QED) is 0.485. The van der Waals surface area contributed by atoms with Gasteiger partial charge in [0.1, 0.15) is 5.75 Å². The van der Waals surface area contributed by atoms with E-state index < -0.39 is 10.0 Å². The normalized spacial score (nSPS) is 10.9. The van der Waals surface area contributed by atoms with Crippen LogP contribution in [0.3, 0.4) is 0 Å². The van der Waals surface area contributed by atoms with Crippen molar-refractivity contribution in [2.45, 2.75) is 4.90 Å². The molecule has 3 rings (SSSR count). The minimum Gasteiger partial charge on any atom is -0.497 e. The molecule has 0 atom stereocenters. The standard InChI is InChI=1S/C20H17IN2O4S/c1-27-18-10-6-17(7-11-18)23-28(25,26)19-12-8-16(9-13-19)22-20(24)14-2-4-15(21)5-3-14/h2-13,23H,1H3,(H,22,24). The Balaban J connectivity index is 1.70. The summed E-state index contributed by atoms with van der Waals surface area (Å²) >= 11 is 2.16. The van der Waals surface area contributed by atoms with Crippen molar-refractivity contribution < 1.29 is 17.9 Å². The van der Waals surface area contributed by atoms with Crippen LogP contribution in [0, 0.1) is 3.57 Å². The lowest BCUT2D eigenvalue weighted by molar-refractivity contribution is 0.102. The molecule has 0 aliphatic rings. The van der Waals surface area contributed by atoms with Crippen molar-refractivity contribution in [2.24, 2.45) is 0 Å². The van der Waals surface area contributed by atoms with Gasteiger partial charge < -0.3 is 10.1 Å². The molecule has 0 saturated heterocycles. The summed E-state index contributed by atoms with van der Waals surface area (Å²) in [5.41, 5.74) is 1.46. The van der Waals surface area contributed by atoms with Crippen LogP contribution < -0.4 is 14.8 Å². The van der Waals surface area contributed by atoms with E-state index in [2.05, 4.69) is 32.6 Å². The zero-order valence-electron chi connectivity index (χ0n) is 14.8. The number of nitrogens with one attached hydrogen (secondary N) is 2. The van der Waals surface area contributed by atoms with E-state index >= 15 is 0 Å². The number of benzene rings is 3. The molecule has 28 heavy (non-hydrogen) atoms. The van der Waals surface area contributed by atoms with Gasteiger partial charge in [-0.2, -0.15) is 0 Å². The van der Waals surface area contributed by atoms with E-state index in [1.165, 1.54) is 19.2 Å². The van der Waals surface area contributed by atoms with Crippen molar-refractivity contribution in [1.29, 1.82) is 0 Å². The number of ether oxygens (including phenoxy) is 1. The van der Waals surface area contributed by atoms with Crippen LogP contribution in [0.25, 0.3) is 0 Å². The molecule has 0 aliphatic carbocycles. The first-order chi connectivity index (χ1) is 13.4. The molecule has 6 nitrogen and oxygen atoms in total. The average molecular weight is 508 g/mol. The molecule has 0 bridgehead atoms. The van der Waals surface area contributed by atoms with Gasteiger partial charge in [-0.25, -0.2) is 8.42 Å². The number of amides is 1. The van der Waals surface area contributed by atoms with Gasteiger partial charge in [-0.3, -0.25) is 9.52 Å². The molecule has 8 heteroatoms. The number of rotatable bonds is 6. The molecular weight excluding hydrogens is 491 g/mol. The Kier molecular flexibility index (Phi) is 6.20. The van der Waals surface area contributed by atoms with E-state index in [4.69, 9.17) is 4.74 Å². The molecule has 3 aromatic carbocycles. The van der Waals surface area contributed by atoms with Crippen LogP contribution in [0.5, 0.6) is 5.75 Å². The first-order valence-corrected chi connectivity index (χ1v) is 10.8. The van der Waals surface area contributed by atoms with E-state index in [9.17, 15) is 13.2 Å². The molecular formula is C20H17IN2O4S. The van der Waals surface area contributed by atoms with Crippen molar-refractivity contribution in [3.8, 4) is 5.75 Å². The van der Waals surface area contributed by atoms with Crippen LogP contribution >= 0.6 is 22.6 Å². The Morgan fingerprint density at radius 2 is 1.43 bits per heavy atom. The molecule has 0 aromatic heterocycles. The summed E-state index contributed by atoms with van der Waals surface area (Å²) in [5, 5.41) is 2.75. The molecule has 0 aliphatic heterocycles. The zero-order chi connectivity index (χ0) is 20.1. The number of anilines is 2. The van der Waals surface area contributed by atoms with E-state index in [0.717, 1.165) is 3.57 Å². The second-order valence-electron chi connectivity index (χ2n) is 5.82. The average Bonchev–Trinajstić information content (AvgIpc) is 2.69. The number of hydrogen-bond donors (Lipinski definition) is 2. The zero-order valence-corrected chi connectivity index (χ0v) is 17.8. The predicted molar refractivity (Wildman–Crippen MR) is 117 cm³/mol. The smallest absolute Gasteiger partial charge is 0.261 e. The van der Waals surface area contributed by atoms with Gasteiger partial charge in [0.15, 0.2) is 0 Å². The number of carbonyl (C=O) groups is 1. The summed E-state index contributed by atoms with van der Waals surface area (Å²) in [4.78, 5) is 12.3. The van der Waals surface area contributed by atoms with E-state index in [0.29, 0.717) is 22.7 Å². The summed E-state index contributed by atoms with van der Waals surface area (Å²) in [6, 6.07) is 19.7. The Labute approximate surface area is 177 Å². The van der Waals surface area contributed by atoms with Gasteiger partial charge in [-0.05, 0) is 95.4 Å². The minimum absolute atomic E-state index is 0.0931. The summed E-state index contributed by atoms with van der Waals surface area (Å²) in [7, 11) is -2.20. The summed E-state index contributed by atoms with van der Waals surface area (Å²) in [6.45, 7) is 0. The number of methoxy groups -OCH3 is 1. The van der Waals surface area contributed by atoms with Crippen molar-refractivity contribution in [3.05, 3.63) is 81.9 Å². The molecule has 0 heterocycles. The van der Waals surface area contributed by atoms with Gasteiger partial charge >= 0.3 is 0 Å². The number of halogens is 1. The van der Waals surface area contributed by atoms with Gasteiger partial charge in [0.25, 0.3) is 15.9 Å². The highest BCUT2D eigenvalue weighted by Gasteiger charge is 2.14. The highest BCUT2D eigenvalue weighted by atomic mass is 127. The van der Waals surface area contributed by atoms with Crippen LogP contribution in [0.2, 0.25) is 0 Å². The maximum atomic E-state index is 12.5. The fourth-order valence-corrected chi connectivity index (χ4v) is 3.81. The highest BCUT2D eigenvalue weighted by Crippen LogP contribution is 2.21. The van der Waals surface area contributed by atoms with E-state index in [-0.39, 0.29) is 10.8 Å². The predicted octanol–water partition coefficient (Wildman–Crippen LogP) is 4.35. The Morgan fingerprint density at radius 1 is 0.857 bits per heavy atom. The number of hydrogen-bond acceptors (Lipinski definition) is 4. The van der Waals surface area contributed by atoms with Crippen LogP contribution in [0.15, 0.2) is 77.7 Å². The van der Waals surface area contributed by atoms with Gasteiger partial charge in [0, 0.05) is 20.5 Å². The Bertz CT molecular complexity index is 1060. The fourth-order valence-electron chi connectivity index (χ4n) is 2.40. The van der Waals surface area contributed by atoms with Gasteiger partial charge in [0.05, 0.1) is 12.0 Å². The van der Waals surface area contributed by atoms with Crippen molar-refractivity contribution in [1.82, 2.24) is 0 Å². The van der Waals surface area contributed by atoms with Crippen LogP contribution in [0.1, 0.15) is 10.4 Å². The highest BCUT2D eigenvalue weighted by molar-refractivity contribution is 14.1. The first kappa shape index (κ1) is 20.2. The van der Waals surface area contributed by atoms with Crippen LogP contribution in [0.4, 0.5) is 11.4 Å². The minimum atomic E-state index is -3.74. The molecule has 3 aromatic rings. The van der Waals surface area contributed by atoms with E-state index in [1.54, 1.807) is 48.5 Å². The lowest BCUT2D eigenvalue weighted by Crippen LogP contribution is -2.14. The Hall–Kier alpha value is -2.59. The molecule has 0 saturated carbocycles. The molecule has 0 spiro atoms. The summed E-state index contributed by atoms with van der Waals surface area (Å²) in [5.74, 6) is 0.375. The Morgan fingerprint density at radius 3 is 2.00 bits per heavy atom. The van der Waals surface area contributed by atoms with Crippen molar-refractivity contribution in [2.75, 3.05) is 17.1 Å². The van der Waals surface area contributed by atoms with Gasteiger partial charge in [0.2, 0.25) is 0 Å². The third-order valence-corrected chi connectivity index (χ3v) is 5.99. The third kappa shape index (κ3) is 5.02. The third-order valence-electron chi connectivity index (χ3n) is 3.87. The molecule has 0 unspecified atom stereocenters. The van der Waals surface area contributed by atoms with Crippen LogP contribution in [-0.2, 0) is 10.0 Å². The monoisotopic (exact) mass is 508 g/mol. The lowest BCUT2D eigenvalue weighted by Gasteiger charge is -2.10. The SMILES string of the molecule is COc1ccc(NS(=O)(=O)c2ccc(NC(=O)c3ccc(I)cc3)cc2)cc1. The topological polar surface area (TPSA) is 84.5 Å². The number of carbonyl (C=O) groups excluding carboxylic acids is 1. The van der Waals surface area contributed by atoms with E-state index in [1.807, 2.05) is 12.1 Å². The van der Waals surface area contributed by atoms with Crippen molar-refractivity contribution in [3.63, 3.8) is 0 Å². The van der Waals surface area contributed by atoms with Gasteiger partial charge in [-0.15, -0.1) is 0 Å². The maximum Gasteiger partial charge on any atom is 0.261 e. The molecule has 1 amide bonds. The first-order valence-electron chi connectivity index (χ1n) is 8.21. The maximum absolute atomic E-state index is 12.5. The van der Waals surface area contributed by atoms with Crippen molar-refractivity contribution >= 4 is 49.9 Å². The van der Waals surface area contributed by atoms with Crippen LogP contribution in [-0.4, -0.2) is 21.4 Å². The fraction of sp³-hybridized carbons (Fsp3) is 0.0500. The molecule has 144 valence electrons. The molecule has 0 fully saturated rings. The van der Waals surface area contributed by atoms with Gasteiger partial charge in [-0.1, -0.05) is 0 Å². The molecule has 0 radical (unpaired) electrons. The summed E-state index contributed by atoms with van der Waals surface area (Å²) < 4.78 is 33.6. The second-order valence-corrected chi connectivity index (χ2v) is 8.75. The summed E-state index contributed by atoms with van der Waals surface area (Å²) in [6.07, 6.45) is 0. The number of sulfonamides is 1. The second kappa shape index (κ2) is 8.61.